The van der Waals surface area contributed by atoms with E-state index in [0.29, 0.717) is 37.4 Å². The van der Waals surface area contributed by atoms with Crippen LogP contribution in [0.5, 0.6) is 0 Å². The molecule has 0 fully saturated rings. The van der Waals surface area contributed by atoms with Gasteiger partial charge in [0, 0.05) is 18.1 Å². The van der Waals surface area contributed by atoms with Crippen LogP contribution in [0.3, 0.4) is 0 Å². The smallest absolute Gasteiger partial charge is 0.227 e. The van der Waals surface area contributed by atoms with Gasteiger partial charge in [-0.05, 0) is 37.0 Å². The quantitative estimate of drug-likeness (QED) is 0.802. The van der Waals surface area contributed by atoms with Crippen molar-refractivity contribution in [1.82, 2.24) is 5.32 Å². The van der Waals surface area contributed by atoms with Gasteiger partial charge in [0.25, 0.3) is 0 Å². The van der Waals surface area contributed by atoms with Gasteiger partial charge in [-0.15, -0.1) is 12.4 Å². The second-order valence-corrected chi connectivity index (χ2v) is 5.34. The second-order valence-electron chi connectivity index (χ2n) is 4.93. The van der Waals surface area contributed by atoms with Crippen molar-refractivity contribution in [1.29, 1.82) is 0 Å². The maximum Gasteiger partial charge on any atom is 0.227 e. The molecule has 0 saturated heterocycles. The van der Waals surface area contributed by atoms with E-state index in [1.54, 1.807) is 6.07 Å². The van der Waals surface area contributed by atoms with Gasteiger partial charge in [-0.2, -0.15) is 0 Å². The summed E-state index contributed by atoms with van der Waals surface area (Å²) in [6, 6.07) is 4.28. The van der Waals surface area contributed by atoms with E-state index in [1.807, 2.05) is 13.8 Å². The van der Waals surface area contributed by atoms with Gasteiger partial charge < -0.3 is 11.1 Å². The van der Waals surface area contributed by atoms with Crippen molar-refractivity contribution >= 4 is 29.9 Å². The summed E-state index contributed by atoms with van der Waals surface area (Å²) in [5.41, 5.74) is 6.06. The molecule has 0 atom stereocenters. The van der Waals surface area contributed by atoms with Gasteiger partial charge in [-0.25, -0.2) is 4.39 Å². The Labute approximate surface area is 136 Å². The Balaban J connectivity index is 0.00000400. The highest BCUT2D eigenvalue weighted by Gasteiger charge is 2.32. The third-order valence-electron chi connectivity index (χ3n) is 3.92. The number of benzene rings is 1. The molecular formula is C15H23Cl2FN2O. The minimum atomic E-state index is -0.493. The van der Waals surface area contributed by atoms with Gasteiger partial charge in [0.15, 0.2) is 0 Å². The van der Waals surface area contributed by atoms with Crippen LogP contribution in [0.15, 0.2) is 18.2 Å². The van der Waals surface area contributed by atoms with Crippen molar-refractivity contribution in [3.8, 4) is 0 Å². The Morgan fingerprint density at radius 1 is 1.38 bits per heavy atom. The Hall–Kier alpha value is -0.840. The summed E-state index contributed by atoms with van der Waals surface area (Å²) in [7, 11) is 0. The zero-order valence-electron chi connectivity index (χ0n) is 12.4. The predicted octanol–water partition coefficient (Wildman–Crippen LogP) is 3.32. The first-order valence-electron chi connectivity index (χ1n) is 6.91. The van der Waals surface area contributed by atoms with E-state index < -0.39 is 5.41 Å². The van der Waals surface area contributed by atoms with E-state index in [2.05, 4.69) is 5.32 Å². The predicted molar refractivity (Wildman–Crippen MR) is 87.4 cm³/mol. The number of amides is 1. The second kappa shape index (κ2) is 9.23. The molecule has 0 unspecified atom stereocenters. The highest BCUT2D eigenvalue weighted by Crippen LogP contribution is 2.25. The highest BCUT2D eigenvalue weighted by atomic mass is 35.5. The molecule has 0 aromatic heterocycles. The fraction of sp³-hybridized carbons (Fsp3) is 0.533. The summed E-state index contributed by atoms with van der Waals surface area (Å²) < 4.78 is 12.9. The third-order valence-corrected chi connectivity index (χ3v) is 4.27. The lowest BCUT2D eigenvalue weighted by Crippen LogP contribution is -2.45. The molecule has 0 aliphatic carbocycles. The minimum Gasteiger partial charge on any atom is -0.355 e. The summed E-state index contributed by atoms with van der Waals surface area (Å²) >= 11 is 5.94. The molecule has 0 radical (unpaired) electrons. The number of nitrogens with one attached hydrogen (secondary N) is 1. The standard InChI is InChI=1S/C15H22ClFN2O.ClH/c1-3-15(4-2,10-18)14(20)19-8-7-11-5-6-12(17)9-13(11)16;/h5-6,9H,3-4,7-8,10,18H2,1-2H3,(H,19,20);1H. The van der Waals surface area contributed by atoms with Crippen LogP contribution >= 0.6 is 24.0 Å². The van der Waals surface area contributed by atoms with E-state index >= 15 is 0 Å². The maximum atomic E-state index is 12.9. The van der Waals surface area contributed by atoms with Gasteiger partial charge >= 0.3 is 0 Å². The average molecular weight is 337 g/mol. The Morgan fingerprint density at radius 3 is 2.48 bits per heavy atom. The summed E-state index contributed by atoms with van der Waals surface area (Å²) in [5.74, 6) is -0.384. The first-order chi connectivity index (χ1) is 9.49. The Bertz CT molecular complexity index is 457. The van der Waals surface area contributed by atoms with Gasteiger partial charge in [0.05, 0.1) is 5.41 Å². The Kier molecular flexibility index (Phi) is 8.86. The fourth-order valence-electron chi connectivity index (χ4n) is 2.18. The van der Waals surface area contributed by atoms with E-state index in [4.69, 9.17) is 17.3 Å². The largest absolute Gasteiger partial charge is 0.355 e. The number of hydrogen-bond acceptors (Lipinski definition) is 2. The van der Waals surface area contributed by atoms with Crippen molar-refractivity contribution in [3.63, 3.8) is 0 Å². The zero-order chi connectivity index (χ0) is 15.2. The van der Waals surface area contributed by atoms with E-state index in [9.17, 15) is 9.18 Å². The number of halogens is 3. The summed E-state index contributed by atoms with van der Waals surface area (Å²) in [5, 5.41) is 3.28. The molecule has 0 aliphatic heterocycles. The van der Waals surface area contributed by atoms with Crippen LogP contribution in [0.2, 0.25) is 5.02 Å². The SMILES string of the molecule is CCC(CC)(CN)C(=O)NCCc1ccc(F)cc1Cl.Cl. The molecule has 0 spiro atoms. The maximum absolute atomic E-state index is 12.9. The number of carbonyl (C=O) groups excluding carboxylic acids is 1. The molecule has 1 amide bonds. The lowest BCUT2D eigenvalue weighted by atomic mass is 9.81. The number of nitrogens with two attached hydrogens (primary N) is 1. The lowest BCUT2D eigenvalue weighted by molar-refractivity contribution is -0.131. The van der Waals surface area contributed by atoms with Gasteiger partial charge in [-0.1, -0.05) is 31.5 Å². The van der Waals surface area contributed by atoms with Crippen LogP contribution < -0.4 is 11.1 Å². The average Bonchev–Trinajstić information content (AvgIpc) is 2.44. The fourth-order valence-corrected chi connectivity index (χ4v) is 2.44. The monoisotopic (exact) mass is 336 g/mol. The first-order valence-corrected chi connectivity index (χ1v) is 7.29. The molecule has 3 N–H and O–H groups in total. The highest BCUT2D eigenvalue weighted by molar-refractivity contribution is 6.31. The van der Waals surface area contributed by atoms with E-state index in [1.165, 1.54) is 12.1 Å². The number of hydrogen-bond donors (Lipinski definition) is 2. The molecular weight excluding hydrogens is 314 g/mol. The van der Waals surface area contributed by atoms with Crippen LogP contribution in [0.1, 0.15) is 32.3 Å². The number of rotatable bonds is 7. The van der Waals surface area contributed by atoms with Crippen LogP contribution in [0, 0.1) is 11.2 Å². The van der Waals surface area contributed by atoms with Gasteiger partial charge in [0.2, 0.25) is 5.91 Å². The molecule has 3 nitrogen and oxygen atoms in total. The molecule has 0 bridgehead atoms. The molecule has 120 valence electrons. The van der Waals surface area contributed by atoms with Crippen LogP contribution in [0.4, 0.5) is 4.39 Å². The minimum absolute atomic E-state index is 0. The molecule has 0 aliphatic rings. The van der Waals surface area contributed by atoms with Gasteiger partial charge in [0.1, 0.15) is 5.82 Å². The summed E-state index contributed by atoms with van der Waals surface area (Å²) in [6.45, 7) is 4.73. The lowest BCUT2D eigenvalue weighted by Gasteiger charge is -2.28. The Morgan fingerprint density at radius 2 is 2.00 bits per heavy atom. The van der Waals surface area contributed by atoms with Gasteiger partial charge in [-0.3, -0.25) is 4.79 Å². The molecule has 0 saturated carbocycles. The first kappa shape index (κ1) is 20.2. The molecule has 1 aromatic rings. The topological polar surface area (TPSA) is 55.1 Å². The van der Waals surface area contributed by atoms with Crippen molar-refractivity contribution in [2.24, 2.45) is 11.1 Å². The van der Waals surface area contributed by atoms with Crippen LogP contribution in [0.25, 0.3) is 0 Å². The molecule has 6 heteroatoms. The van der Waals surface area contributed by atoms with Crippen molar-refractivity contribution < 1.29 is 9.18 Å². The van der Waals surface area contributed by atoms with Crippen LogP contribution in [-0.2, 0) is 11.2 Å². The molecule has 0 heterocycles. The third kappa shape index (κ3) is 5.13. The van der Waals surface area contributed by atoms with E-state index in [0.717, 1.165) is 5.56 Å². The zero-order valence-corrected chi connectivity index (χ0v) is 14.0. The molecule has 1 rings (SSSR count). The number of carbonyl (C=O) groups is 1. The van der Waals surface area contributed by atoms with E-state index in [-0.39, 0.29) is 24.1 Å². The molecule has 1 aromatic carbocycles. The summed E-state index contributed by atoms with van der Waals surface area (Å²) in [4.78, 5) is 12.2. The van der Waals surface area contributed by atoms with Crippen molar-refractivity contribution in [2.45, 2.75) is 33.1 Å². The van der Waals surface area contributed by atoms with Crippen molar-refractivity contribution in [3.05, 3.63) is 34.6 Å². The van der Waals surface area contributed by atoms with Crippen molar-refractivity contribution in [2.75, 3.05) is 13.1 Å². The van der Waals surface area contributed by atoms with Crippen LogP contribution in [-0.4, -0.2) is 19.0 Å². The normalized spacial score (nSPS) is 10.9. The molecule has 21 heavy (non-hydrogen) atoms. The summed E-state index contributed by atoms with van der Waals surface area (Å²) in [6.07, 6.45) is 1.99.